The van der Waals surface area contributed by atoms with Gasteiger partial charge in [-0.3, -0.25) is 0 Å². The molecule has 5 heteroatoms. The van der Waals surface area contributed by atoms with Gasteiger partial charge >= 0.3 is 0 Å². The number of hydrogen-bond acceptors (Lipinski definition) is 1. The second kappa shape index (κ2) is 9.81. The normalized spacial score (nSPS) is 16.0. The topological polar surface area (TPSA) is 12.0 Å². The average molecular weight is 506 g/mol. The van der Waals surface area contributed by atoms with Gasteiger partial charge in [0.2, 0.25) is 0 Å². The Hall–Kier alpha value is 0.0200. The quantitative estimate of drug-likeness (QED) is 0.266. The second-order valence-corrected chi connectivity index (χ2v) is 20.6. The molecule has 0 aromatic heterocycles. The van der Waals surface area contributed by atoms with E-state index in [0.29, 0.717) is 0 Å². The monoisotopic (exact) mass is 505 g/mol. The molecule has 134 valence electrons. The molecule has 0 saturated heterocycles. The lowest BCUT2D eigenvalue weighted by Gasteiger charge is -2.22. The summed E-state index contributed by atoms with van der Waals surface area (Å²) in [6.07, 6.45) is 2.26. The number of nitrogens with one attached hydrogen (secondary N) is 1. The molecule has 2 unspecified atom stereocenters. The molecule has 2 rings (SSSR count). The van der Waals surface area contributed by atoms with Crippen LogP contribution in [0.4, 0.5) is 0 Å². The fourth-order valence-electron chi connectivity index (χ4n) is 2.73. The van der Waals surface area contributed by atoms with Crippen LogP contribution in [0.3, 0.4) is 0 Å². The van der Waals surface area contributed by atoms with Crippen LogP contribution in [-0.2, 0) is 0 Å². The standard InChI is InChI=1S/C20H27ClINP2/c1-18(21)24(2,19-10-6-4-7-11-19)16-14-23-15-17-25(3,22)20-12-8-5-9-13-20/h4-13,23H,1,14-17H2,2-3H3/q+2. The first kappa shape index (κ1) is 21.3. The molecule has 2 aromatic carbocycles. The van der Waals surface area contributed by atoms with Crippen molar-refractivity contribution in [3.05, 3.63) is 72.0 Å². The summed E-state index contributed by atoms with van der Waals surface area (Å²) >= 11 is 9.09. The first-order valence-electron chi connectivity index (χ1n) is 8.44. The minimum absolute atomic E-state index is 0.816. The van der Waals surface area contributed by atoms with Crippen molar-refractivity contribution in [2.45, 2.75) is 0 Å². The zero-order valence-electron chi connectivity index (χ0n) is 15.0. The largest absolute Gasteiger partial charge is 0.309 e. The smallest absolute Gasteiger partial charge is 0.160 e. The molecule has 1 nitrogen and oxygen atoms in total. The molecular formula is C20H27ClINP2+2. The van der Waals surface area contributed by atoms with E-state index in [2.05, 4.69) is 108 Å². The Bertz CT molecular complexity index is 679. The summed E-state index contributed by atoms with van der Waals surface area (Å²) in [6.45, 7) is 10.8. The SMILES string of the molecule is C=C(Cl)[P+](C)(CCNCC[P+](C)(I)c1ccccc1)c1ccccc1. The van der Waals surface area contributed by atoms with E-state index in [0.717, 1.165) is 24.0 Å². The Kier molecular flexibility index (Phi) is 8.37. The van der Waals surface area contributed by atoms with Crippen LogP contribution in [0.5, 0.6) is 0 Å². The van der Waals surface area contributed by atoms with Crippen LogP contribution in [0.15, 0.2) is 72.0 Å². The van der Waals surface area contributed by atoms with Crippen molar-refractivity contribution in [2.24, 2.45) is 0 Å². The predicted octanol–water partition coefficient (Wildman–Crippen LogP) is 5.58. The van der Waals surface area contributed by atoms with Crippen LogP contribution in [-0.4, -0.2) is 38.7 Å². The third-order valence-corrected chi connectivity index (χ3v) is 14.9. The van der Waals surface area contributed by atoms with Crippen molar-refractivity contribution in [3.8, 4) is 0 Å². The molecule has 0 bridgehead atoms. The summed E-state index contributed by atoms with van der Waals surface area (Å²) in [5, 5.41) is 6.48. The Balaban J connectivity index is 1.86. The zero-order chi connectivity index (χ0) is 18.3. The maximum Gasteiger partial charge on any atom is 0.160 e. The summed E-state index contributed by atoms with van der Waals surface area (Å²) in [6, 6.07) is 21.5. The molecule has 0 radical (unpaired) electrons. The number of benzene rings is 2. The first-order chi connectivity index (χ1) is 11.9. The first-order valence-corrected chi connectivity index (χ1v) is 16.4. The molecule has 0 aliphatic carbocycles. The maximum atomic E-state index is 6.42. The Morgan fingerprint density at radius 2 is 1.40 bits per heavy atom. The van der Waals surface area contributed by atoms with Crippen LogP contribution in [0.25, 0.3) is 0 Å². The Labute approximate surface area is 171 Å². The predicted molar refractivity (Wildman–Crippen MR) is 129 cm³/mol. The molecule has 0 spiro atoms. The number of halogens is 2. The van der Waals surface area contributed by atoms with E-state index in [4.69, 9.17) is 11.6 Å². The van der Waals surface area contributed by atoms with Gasteiger partial charge in [-0.05, 0) is 42.4 Å². The van der Waals surface area contributed by atoms with E-state index in [1.807, 2.05) is 0 Å². The molecule has 0 aliphatic heterocycles. The van der Waals surface area contributed by atoms with Gasteiger partial charge in [0.1, 0.15) is 10.2 Å². The van der Waals surface area contributed by atoms with Crippen LogP contribution >= 0.6 is 45.8 Å². The highest BCUT2D eigenvalue weighted by Crippen LogP contribution is 2.62. The molecular weight excluding hydrogens is 479 g/mol. The van der Waals surface area contributed by atoms with Crippen LogP contribution < -0.4 is 15.9 Å². The van der Waals surface area contributed by atoms with Gasteiger partial charge in [-0.2, -0.15) is 0 Å². The highest BCUT2D eigenvalue weighted by molar-refractivity contribution is 14.2. The lowest BCUT2D eigenvalue weighted by molar-refractivity contribution is 0.769. The lowest BCUT2D eigenvalue weighted by Crippen LogP contribution is -2.27. The van der Waals surface area contributed by atoms with E-state index in [1.165, 1.54) is 16.8 Å². The van der Waals surface area contributed by atoms with Crippen molar-refractivity contribution in [2.75, 3.05) is 38.7 Å². The van der Waals surface area contributed by atoms with Gasteiger partial charge in [0.05, 0.1) is 38.2 Å². The van der Waals surface area contributed by atoms with Crippen LogP contribution in [0, 0.1) is 0 Å². The van der Waals surface area contributed by atoms with Crippen molar-refractivity contribution in [3.63, 3.8) is 0 Å². The minimum atomic E-state index is -1.52. The van der Waals surface area contributed by atoms with E-state index < -0.39 is 12.2 Å². The highest BCUT2D eigenvalue weighted by atomic mass is 127. The second-order valence-electron chi connectivity index (χ2n) is 6.51. The van der Waals surface area contributed by atoms with Crippen molar-refractivity contribution in [1.82, 2.24) is 5.32 Å². The molecule has 0 saturated carbocycles. The van der Waals surface area contributed by atoms with Crippen molar-refractivity contribution >= 4 is 56.4 Å². The number of hydrogen-bond donors (Lipinski definition) is 1. The molecule has 25 heavy (non-hydrogen) atoms. The van der Waals surface area contributed by atoms with Crippen molar-refractivity contribution in [1.29, 1.82) is 0 Å². The fraction of sp³-hybridized carbons (Fsp3) is 0.300. The van der Waals surface area contributed by atoms with E-state index in [-0.39, 0.29) is 0 Å². The minimum Gasteiger partial charge on any atom is -0.309 e. The summed E-state index contributed by atoms with van der Waals surface area (Å²) < 4.78 is 0.816. The van der Waals surface area contributed by atoms with Gasteiger partial charge in [0, 0.05) is 13.1 Å². The van der Waals surface area contributed by atoms with Crippen molar-refractivity contribution < 1.29 is 0 Å². The summed E-state index contributed by atoms with van der Waals surface area (Å²) in [5.74, 6) is 0. The highest BCUT2D eigenvalue weighted by Gasteiger charge is 2.37. The third kappa shape index (κ3) is 6.01. The van der Waals surface area contributed by atoms with Crippen LogP contribution in [0.1, 0.15) is 0 Å². The average Bonchev–Trinajstić information content (AvgIpc) is 2.62. The van der Waals surface area contributed by atoms with Gasteiger partial charge in [-0.15, -0.1) is 0 Å². The van der Waals surface area contributed by atoms with Gasteiger partial charge in [0.15, 0.2) is 26.8 Å². The van der Waals surface area contributed by atoms with Gasteiger partial charge in [-0.25, -0.2) is 0 Å². The Morgan fingerprint density at radius 3 is 1.92 bits per heavy atom. The molecule has 0 fully saturated rings. The fourth-order valence-corrected chi connectivity index (χ4v) is 8.81. The summed E-state index contributed by atoms with van der Waals surface area (Å²) in [7, 11) is -1.52. The van der Waals surface area contributed by atoms with Gasteiger partial charge < -0.3 is 5.32 Å². The lowest BCUT2D eigenvalue weighted by atomic mass is 10.4. The van der Waals surface area contributed by atoms with Gasteiger partial charge in [-0.1, -0.05) is 36.4 Å². The van der Waals surface area contributed by atoms with Crippen LogP contribution in [0.2, 0.25) is 0 Å². The third-order valence-electron chi connectivity index (χ3n) is 4.60. The molecule has 2 atom stereocenters. The summed E-state index contributed by atoms with van der Waals surface area (Å²) in [5.41, 5.74) is 0. The molecule has 0 amide bonds. The van der Waals surface area contributed by atoms with E-state index in [9.17, 15) is 0 Å². The summed E-state index contributed by atoms with van der Waals surface area (Å²) in [4.78, 5) is -1.08. The van der Waals surface area contributed by atoms with E-state index in [1.54, 1.807) is 0 Å². The molecule has 1 N–H and O–H groups in total. The zero-order valence-corrected chi connectivity index (χ0v) is 19.7. The molecule has 0 heterocycles. The van der Waals surface area contributed by atoms with Gasteiger partial charge in [0.25, 0.3) is 0 Å². The Morgan fingerprint density at radius 1 is 0.920 bits per heavy atom. The number of rotatable bonds is 9. The van der Waals surface area contributed by atoms with E-state index >= 15 is 0 Å². The maximum absolute atomic E-state index is 6.42. The molecule has 2 aromatic rings. The molecule has 0 aliphatic rings.